The number of methoxy groups -OCH3 is 1. The topological polar surface area (TPSA) is 76.1 Å². The SMILES string of the molecule is COc1ccc([C@@H]2C(=C(O)c3ccc(Cl)cc3)C(=O)C(=O)N2C[C@H]2CCCO2)cc1. The molecule has 6 nitrogen and oxygen atoms in total. The summed E-state index contributed by atoms with van der Waals surface area (Å²) in [5.41, 5.74) is 1.20. The van der Waals surface area contributed by atoms with Gasteiger partial charge in [0.05, 0.1) is 24.8 Å². The molecule has 2 atom stereocenters. The molecular formula is C23H22ClNO5. The summed E-state index contributed by atoms with van der Waals surface area (Å²) in [5, 5.41) is 11.5. The first-order valence-electron chi connectivity index (χ1n) is 9.79. The average molecular weight is 428 g/mol. The molecule has 2 aromatic rings. The zero-order valence-electron chi connectivity index (χ0n) is 16.5. The molecule has 0 aliphatic carbocycles. The van der Waals surface area contributed by atoms with E-state index in [1.54, 1.807) is 55.6 Å². The highest BCUT2D eigenvalue weighted by Crippen LogP contribution is 2.40. The van der Waals surface area contributed by atoms with Crippen molar-refractivity contribution >= 4 is 29.1 Å². The van der Waals surface area contributed by atoms with E-state index in [1.165, 1.54) is 4.90 Å². The molecule has 7 heteroatoms. The number of ketones is 1. The number of ether oxygens (including phenoxy) is 2. The summed E-state index contributed by atoms with van der Waals surface area (Å²) in [7, 11) is 1.57. The van der Waals surface area contributed by atoms with Crippen molar-refractivity contribution in [2.75, 3.05) is 20.3 Å². The smallest absolute Gasteiger partial charge is 0.295 e. The Morgan fingerprint density at radius 2 is 1.87 bits per heavy atom. The summed E-state index contributed by atoms with van der Waals surface area (Å²) in [6.45, 7) is 0.936. The maximum atomic E-state index is 13.0. The highest BCUT2D eigenvalue weighted by Gasteiger charge is 2.47. The van der Waals surface area contributed by atoms with Crippen LogP contribution >= 0.6 is 11.6 Å². The second kappa shape index (κ2) is 8.50. The van der Waals surface area contributed by atoms with Crippen LogP contribution in [0.3, 0.4) is 0 Å². The van der Waals surface area contributed by atoms with Crippen molar-refractivity contribution in [1.82, 2.24) is 4.90 Å². The Morgan fingerprint density at radius 1 is 1.17 bits per heavy atom. The standard InChI is InChI=1S/C23H22ClNO5/c1-29-17-10-6-14(7-11-17)20-19(21(26)15-4-8-16(24)9-5-15)22(27)23(28)25(20)13-18-3-2-12-30-18/h4-11,18,20,26H,2-3,12-13H2,1H3/t18-,20-/m1/s1. The minimum absolute atomic E-state index is 0.0606. The molecule has 0 radical (unpaired) electrons. The van der Waals surface area contributed by atoms with Gasteiger partial charge in [-0.05, 0) is 54.8 Å². The summed E-state index contributed by atoms with van der Waals surface area (Å²) in [5.74, 6) is -0.906. The lowest BCUT2D eigenvalue weighted by atomic mass is 9.95. The van der Waals surface area contributed by atoms with Gasteiger partial charge < -0.3 is 19.5 Å². The van der Waals surface area contributed by atoms with Gasteiger partial charge in [0.1, 0.15) is 11.5 Å². The molecule has 1 N–H and O–H groups in total. The summed E-state index contributed by atoms with van der Waals surface area (Å²) in [6.07, 6.45) is 1.63. The summed E-state index contributed by atoms with van der Waals surface area (Å²) < 4.78 is 10.9. The molecule has 2 heterocycles. The minimum Gasteiger partial charge on any atom is -0.507 e. The number of benzene rings is 2. The van der Waals surface area contributed by atoms with Crippen molar-refractivity contribution in [2.45, 2.75) is 25.0 Å². The summed E-state index contributed by atoms with van der Waals surface area (Å²) in [4.78, 5) is 27.4. The number of amides is 1. The molecule has 0 aromatic heterocycles. The number of aliphatic hydroxyl groups excluding tert-OH is 1. The molecule has 0 saturated carbocycles. The number of carbonyl (C=O) groups is 2. The Kier molecular flexibility index (Phi) is 5.79. The fraction of sp³-hybridized carbons (Fsp3) is 0.304. The second-order valence-electron chi connectivity index (χ2n) is 7.37. The number of hydrogen-bond donors (Lipinski definition) is 1. The second-order valence-corrected chi connectivity index (χ2v) is 7.80. The third-order valence-electron chi connectivity index (χ3n) is 5.51. The van der Waals surface area contributed by atoms with Gasteiger partial charge in [0.15, 0.2) is 0 Å². The number of rotatable bonds is 5. The first-order valence-corrected chi connectivity index (χ1v) is 10.2. The van der Waals surface area contributed by atoms with Crippen LogP contribution in [0.25, 0.3) is 5.76 Å². The fourth-order valence-electron chi connectivity index (χ4n) is 3.97. The van der Waals surface area contributed by atoms with Crippen molar-refractivity contribution in [3.63, 3.8) is 0 Å². The number of carbonyl (C=O) groups excluding carboxylic acids is 2. The summed E-state index contributed by atoms with van der Waals surface area (Å²) in [6, 6.07) is 12.9. The number of aliphatic hydroxyl groups is 1. The maximum absolute atomic E-state index is 13.0. The molecule has 2 fully saturated rings. The number of halogens is 1. The van der Waals surface area contributed by atoms with E-state index in [9.17, 15) is 14.7 Å². The van der Waals surface area contributed by atoms with Crippen molar-refractivity contribution in [2.24, 2.45) is 0 Å². The van der Waals surface area contributed by atoms with Crippen LogP contribution in [-0.2, 0) is 14.3 Å². The number of hydrogen-bond acceptors (Lipinski definition) is 5. The maximum Gasteiger partial charge on any atom is 0.295 e. The van der Waals surface area contributed by atoms with Crippen LogP contribution in [-0.4, -0.2) is 48.1 Å². The zero-order valence-corrected chi connectivity index (χ0v) is 17.3. The van der Waals surface area contributed by atoms with Crippen molar-refractivity contribution in [3.05, 3.63) is 70.3 Å². The molecular weight excluding hydrogens is 406 g/mol. The van der Waals surface area contributed by atoms with E-state index in [-0.39, 0.29) is 17.4 Å². The van der Waals surface area contributed by atoms with Crippen LogP contribution in [0.15, 0.2) is 54.1 Å². The number of Topliss-reactive ketones (excluding diaryl/α,β-unsaturated/α-hetero) is 1. The third-order valence-corrected chi connectivity index (χ3v) is 5.77. The van der Waals surface area contributed by atoms with E-state index < -0.39 is 17.7 Å². The van der Waals surface area contributed by atoms with Gasteiger partial charge in [-0.15, -0.1) is 0 Å². The molecule has 4 rings (SSSR count). The van der Waals surface area contributed by atoms with Crippen molar-refractivity contribution in [3.8, 4) is 5.75 Å². The van der Waals surface area contributed by atoms with Crippen LogP contribution in [0.2, 0.25) is 5.02 Å². The van der Waals surface area contributed by atoms with E-state index in [4.69, 9.17) is 21.1 Å². The van der Waals surface area contributed by atoms with Crippen LogP contribution in [0.4, 0.5) is 0 Å². The lowest BCUT2D eigenvalue weighted by Gasteiger charge is -2.27. The summed E-state index contributed by atoms with van der Waals surface area (Å²) >= 11 is 5.95. The molecule has 0 bridgehead atoms. The highest BCUT2D eigenvalue weighted by molar-refractivity contribution is 6.46. The van der Waals surface area contributed by atoms with E-state index in [0.29, 0.717) is 35.1 Å². The van der Waals surface area contributed by atoms with Gasteiger partial charge in [0.25, 0.3) is 11.7 Å². The first-order chi connectivity index (χ1) is 14.5. The molecule has 2 aliphatic heterocycles. The number of nitrogens with zero attached hydrogens (tertiary/aromatic N) is 1. The highest BCUT2D eigenvalue weighted by atomic mass is 35.5. The van der Waals surface area contributed by atoms with Gasteiger partial charge in [-0.25, -0.2) is 0 Å². The Bertz CT molecular complexity index is 978. The number of likely N-dealkylation sites (tertiary alicyclic amines) is 1. The predicted molar refractivity (Wildman–Crippen MR) is 112 cm³/mol. The molecule has 156 valence electrons. The van der Waals surface area contributed by atoms with Gasteiger partial charge in [-0.3, -0.25) is 9.59 Å². The fourth-order valence-corrected chi connectivity index (χ4v) is 4.10. The van der Waals surface area contributed by atoms with Gasteiger partial charge in [-0.2, -0.15) is 0 Å². The molecule has 0 spiro atoms. The Labute approximate surface area is 179 Å². The van der Waals surface area contributed by atoms with Crippen LogP contribution in [0, 0.1) is 0 Å². The van der Waals surface area contributed by atoms with E-state index in [1.807, 2.05) is 0 Å². The van der Waals surface area contributed by atoms with Gasteiger partial charge in [0.2, 0.25) is 0 Å². The monoisotopic (exact) mass is 427 g/mol. The molecule has 1 amide bonds. The Hall–Kier alpha value is -2.83. The Balaban J connectivity index is 1.80. The molecule has 2 saturated heterocycles. The van der Waals surface area contributed by atoms with Gasteiger partial charge in [0, 0.05) is 23.7 Å². The van der Waals surface area contributed by atoms with Crippen LogP contribution in [0.1, 0.15) is 30.0 Å². The average Bonchev–Trinajstić information content (AvgIpc) is 3.36. The van der Waals surface area contributed by atoms with E-state index >= 15 is 0 Å². The van der Waals surface area contributed by atoms with E-state index in [2.05, 4.69) is 0 Å². The van der Waals surface area contributed by atoms with Crippen LogP contribution in [0.5, 0.6) is 5.75 Å². The molecule has 2 aliphatic rings. The molecule has 30 heavy (non-hydrogen) atoms. The molecule has 0 unspecified atom stereocenters. The minimum atomic E-state index is -0.712. The lowest BCUT2D eigenvalue weighted by Crippen LogP contribution is -2.36. The third kappa shape index (κ3) is 3.80. The predicted octanol–water partition coefficient (Wildman–Crippen LogP) is 3.95. The normalized spacial score (nSPS) is 23.2. The largest absolute Gasteiger partial charge is 0.507 e. The first kappa shape index (κ1) is 20.4. The quantitative estimate of drug-likeness (QED) is 0.444. The zero-order chi connectivity index (χ0) is 21.3. The Morgan fingerprint density at radius 3 is 2.47 bits per heavy atom. The van der Waals surface area contributed by atoms with Gasteiger partial charge in [-0.1, -0.05) is 23.7 Å². The van der Waals surface area contributed by atoms with Gasteiger partial charge >= 0.3 is 0 Å². The van der Waals surface area contributed by atoms with Crippen molar-refractivity contribution in [1.29, 1.82) is 0 Å². The van der Waals surface area contributed by atoms with E-state index in [0.717, 1.165) is 12.8 Å². The lowest BCUT2D eigenvalue weighted by molar-refractivity contribution is -0.140. The van der Waals surface area contributed by atoms with Crippen molar-refractivity contribution < 1.29 is 24.2 Å². The van der Waals surface area contributed by atoms with Crippen LogP contribution < -0.4 is 4.74 Å². The molecule has 2 aromatic carbocycles.